The second-order valence-electron chi connectivity index (χ2n) is 7.37. The summed E-state index contributed by atoms with van der Waals surface area (Å²) in [5.41, 5.74) is 5.52. The highest BCUT2D eigenvalue weighted by atomic mass is 16.1. The maximum atomic E-state index is 11.9. The SMILES string of the molecule is CC=C1[C@H]2C=C(C)C[C@]1(N=CC=Cc1ccccc1)c1ccc(=O)[nH]c1C2. The van der Waals surface area contributed by atoms with Crippen LogP contribution in [0.15, 0.2) is 81.6 Å². The number of aliphatic imine (C=N–C) groups is 1. The molecule has 0 radical (unpaired) electrons. The first-order chi connectivity index (χ1) is 13.1. The van der Waals surface area contributed by atoms with Gasteiger partial charge in [-0.15, -0.1) is 0 Å². The van der Waals surface area contributed by atoms with Crippen molar-refractivity contribution in [3.8, 4) is 0 Å². The maximum absolute atomic E-state index is 11.9. The van der Waals surface area contributed by atoms with E-state index in [-0.39, 0.29) is 5.56 Å². The quantitative estimate of drug-likeness (QED) is 0.622. The lowest BCUT2D eigenvalue weighted by atomic mass is 9.63. The Hall–Kier alpha value is -2.94. The summed E-state index contributed by atoms with van der Waals surface area (Å²) < 4.78 is 0. The lowest BCUT2D eigenvalue weighted by Crippen LogP contribution is -2.40. The Balaban J connectivity index is 1.79. The fourth-order valence-corrected chi connectivity index (χ4v) is 4.54. The second kappa shape index (κ2) is 6.99. The van der Waals surface area contributed by atoms with Gasteiger partial charge in [0.15, 0.2) is 0 Å². The van der Waals surface area contributed by atoms with Crippen molar-refractivity contribution in [1.29, 1.82) is 0 Å². The van der Waals surface area contributed by atoms with E-state index in [1.165, 1.54) is 11.1 Å². The van der Waals surface area contributed by atoms with Crippen LogP contribution in [0.5, 0.6) is 0 Å². The van der Waals surface area contributed by atoms with Crippen LogP contribution in [0.4, 0.5) is 0 Å². The molecule has 27 heavy (non-hydrogen) atoms. The molecule has 2 aliphatic rings. The van der Waals surface area contributed by atoms with E-state index in [0.29, 0.717) is 5.92 Å². The number of allylic oxidation sites excluding steroid dienone is 3. The van der Waals surface area contributed by atoms with Crippen LogP contribution in [0, 0.1) is 5.92 Å². The molecule has 2 atom stereocenters. The van der Waals surface area contributed by atoms with E-state index in [0.717, 1.165) is 29.7 Å². The van der Waals surface area contributed by atoms with E-state index in [9.17, 15) is 4.79 Å². The molecular formula is C24H24N2O. The van der Waals surface area contributed by atoms with Gasteiger partial charge in [0.05, 0.1) is 0 Å². The van der Waals surface area contributed by atoms with Crippen LogP contribution in [0.3, 0.4) is 0 Å². The predicted octanol–water partition coefficient (Wildman–Crippen LogP) is 4.82. The van der Waals surface area contributed by atoms with E-state index in [1.807, 2.05) is 36.6 Å². The topological polar surface area (TPSA) is 45.2 Å². The Morgan fingerprint density at radius 1 is 1.19 bits per heavy atom. The predicted molar refractivity (Wildman–Crippen MR) is 112 cm³/mol. The average Bonchev–Trinajstić information content (AvgIpc) is 2.65. The first-order valence-electron chi connectivity index (χ1n) is 9.46. The summed E-state index contributed by atoms with van der Waals surface area (Å²) in [6.45, 7) is 4.28. The molecule has 1 N–H and O–H groups in total. The Morgan fingerprint density at radius 2 is 2.00 bits per heavy atom. The van der Waals surface area contributed by atoms with Gasteiger partial charge in [-0.05, 0) is 43.5 Å². The Bertz CT molecular complexity index is 1020. The molecule has 1 heterocycles. The van der Waals surface area contributed by atoms with Crippen molar-refractivity contribution in [2.45, 2.75) is 32.2 Å². The highest BCUT2D eigenvalue weighted by molar-refractivity contribution is 5.79. The minimum Gasteiger partial charge on any atom is -0.326 e. The molecule has 0 fully saturated rings. The third-order valence-corrected chi connectivity index (χ3v) is 5.55. The van der Waals surface area contributed by atoms with Gasteiger partial charge in [0.1, 0.15) is 5.54 Å². The smallest absolute Gasteiger partial charge is 0.248 e. The molecule has 2 bridgehead atoms. The van der Waals surface area contributed by atoms with E-state index in [4.69, 9.17) is 4.99 Å². The fraction of sp³-hybridized carbons (Fsp3) is 0.250. The summed E-state index contributed by atoms with van der Waals surface area (Å²) in [5.74, 6) is 0.296. The van der Waals surface area contributed by atoms with Crippen molar-refractivity contribution in [2.24, 2.45) is 10.9 Å². The van der Waals surface area contributed by atoms with E-state index >= 15 is 0 Å². The molecular weight excluding hydrogens is 332 g/mol. The van der Waals surface area contributed by atoms with Crippen molar-refractivity contribution in [3.05, 3.63) is 99.0 Å². The molecule has 0 saturated heterocycles. The minimum absolute atomic E-state index is 0.0421. The number of hydrogen-bond acceptors (Lipinski definition) is 2. The summed E-state index contributed by atoms with van der Waals surface area (Å²) in [6.07, 6.45) is 12.2. The van der Waals surface area contributed by atoms with E-state index in [2.05, 4.69) is 49.2 Å². The van der Waals surface area contributed by atoms with Crippen molar-refractivity contribution >= 4 is 12.3 Å². The second-order valence-corrected chi connectivity index (χ2v) is 7.37. The number of fused-ring (bicyclic) bond motifs is 4. The Kier molecular flexibility index (Phi) is 4.53. The number of aromatic amines is 1. The first-order valence-corrected chi connectivity index (χ1v) is 9.46. The zero-order valence-corrected chi connectivity index (χ0v) is 15.8. The zero-order chi connectivity index (χ0) is 18.9. The van der Waals surface area contributed by atoms with Crippen LogP contribution >= 0.6 is 0 Å². The molecule has 0 spiro atoms. The average molecular weight is 356 g/mol. The molecule has 3 nitrogen and oxygen atoms in total. The van der Waals surface area contributed by atoms with Crippen LogP contribution < -0.4 is 5.56 Å². The number of rotatable bonds is 3. The molecule has 2 aliphatic carbocycles. The summed E-state index contributed by atoms with van der Waals surface area (Å²) in [4.78, 5) is 20.0. The van der Waals surface area contributed by atoms with E-state index < -0.39 is 5.54 Å². The van der Waals surface area contributed by atoms with Crippen molar-refractivity contribution in [3.63, 3.8) is 0 Å². The largest absolute Gasteiger partial charge is 0.326 e. The van der Waals surface area contributed by atoms with Gasteiger partial charge in [0.25, 0.3) is 0 Å². The molecule has 136 valence electrons. The number of nitrogens with one attached hydrogen (secondary N) is 1. The molecule has 0 saturated carbocycles. The summed E-state index contributed by atoms with van der Waals surface area (Å²) in [6, 6.07) is 13.8. The van der Waals surface area contributed by atoms with Gasteiger partial charge in [-0.1, -0.05) is 54.1 Å². The number of hydrogen-bond donors (Lipinski definition) is 1. The lowest BCUT2D eigenvalue weighted by molar-refractivity contribution is 0.413. The van der Waals surface area contributed by atoms with Gasteiger partial charge in [-0.3, -0.25) is 9.79 Å². The van der Waals surface area contributed by atoms with Crippen LogP contribution in [0.25, 0.3) is 6.08 Å². The fourth-order valence-electron chi connectivity index (χ4n) is 4.54. The molecule has 1 aromatic carbocycles. The summed E-state index contributed by atoms with van der Waals surface area (Å²) in [7, 11) is 0. The molecule has 0 unspecified atom stereocenters. The van der Waals surface area contributed by atoms with Gasteiger partial charge < -0.3 is 4.98 Å². The summed E-state index contributed by atoms with van der Waals surface area (Å²) in [5, 5.41) is 0. The van der Waals surface area contributed by atoms with Crippen molar-refractivity contribution in [2.75, 3.05) is 0 Å². The maximum Gasteiger partial charge on any atom is 0.248 e. The number of benzene rings is 1. The third-order valence-electron chi connectivity index (χ3n) is 5.55. The third kappa shape index (κ3) is 3.14. The number of pyridine rings is 1. The van der Waals surface area contributed by atoms with Crippen LogP contribution in [0.1, 0.15) is 37.1 Å². The van der Waals surface area contributed by atoms with Gasteiger partial charge in [0, 0.05) is 35.9 Å². The molecule has 0 amide bonds. The van der Waals surface area contributed by atoms with Crippen LogP contribution in [-0.2, 0) is 12.0 Å². The highest BCUT2D eigenvalue weighted by Crippen LogP contribution is 2.51. The summed E-state index contributed by atoms with van der Waals surface area (Å²) >= 11 is 0. The minimum atomic E-state index is -0.420. The van der Waals surface area contributed by atoms with Gasteiger partial charge in [0.2, 0.25) is 5.56 Å². The van der Waals surface area contributed by atoms with Crippen molar-refractivity contribution in [1.82, 2.24) is 4.98 Å². The van der Waals surface area contributed by atoms with Crippen LogP contribution in [0.2, 0.25) is 0 Å². The first kappa shape index (κ1) is 17.5. The van der Waals surface area contributed by atoms with Crippen LogP contribution in [-0.4, -0.2) is 11.2 Å². The molecule has 2 aromatic rings. The molecule has 0 aliphatic heterocycles. The molecule has 1 aromatic heterocycles. The number of nitrogens with zero attached hydrogens (tertiary/aromatic N) is 1. The molecule has 3 heteroatoms. The number of H-pyrrole nitrogens is 1. The van der Waals surface area contributed by atoms with Gasteiger partial charge >= 0.3 is 0 Å². The normalized spacial score (nSPS) is 25.8. The lowest BCUT2D eigenvalue weighted by Gasteiger charge is -2.45. The Morgan fingerprint density at radius 3 is 2.78 bits per heavy atom. The van der Waals surface area contributed by atoms with Gasteiger partial charge in [-0.25, -0.2) is 0 Å². The highest BCUT2D eigenvalue weighted by Gasteiger charge is 2.46. The van der Waals surface area contributed by atoms with Crippen molar-refractivity contribution < 1.29 is 0 Å². The Labute approximate surface area is 159 Å². The monoisotopic (exact) mass is 356 g/mol. The van der Waals surface area contributed by atoms with E-state index in [1.54, 1.807) is 6.07 Å². The number of aromatic nitrogens is 1. The zero-order valence-electron chi connectivity index (χ0n) is 15.8. The standard InChI is InChI=1S/C24H24N2O/c1-3-20-19-14-17(2)16-24(20,21-11-12-23(27)26-22(21)15-19)25-13-7-10-18-8-5-4-6-9-18/h3-14,19H,15-16H2,1-2H3,(H,26,27)/t19-,24+/m0/s1. The molecule has 4 rings (SSSR count). The van der Waals surface area contributed by atoms with Gasteiger partial charge in [-0.2, -0.15) is 0 Å².